The summed E-state index contributed by atoms with van der Waals surface area (Å²) >= 11 is 2.31. The Labute approximate surface area is 116 Å². The van der Waals surface area contributed by atoms with Crippen molar-refractivity contribution in [3.8, 4) is 24.7 Å². The van der Waals surface area contributed by atoms with Gasteiger partial charge in [-0.25, -0.2) is 0 Å². The minimum atomic E-state index is -0.725. The summed E-state index contributed by atoms with van der Waals surface area (Å²) in [7, 11) is 2.51. The van der Waals surface area contributed by atoms with Crippen molar-refractivity contribution >= 4 is 35.5 Å². The molecule has 2 atom stereocenters. The first kappa shape index (κ1) is 16.8. The van der Waals surface area contributed by atoms with Crippen molar-refractivity contribution in [1.82, 2.24) is 0 Å². The van der Waals surface area contributed by atoms with Gasteiger partial charge in [-0.15, -0.1) is 36.4 Å². The Morgan fingerprint density at radius 2 is 1.33 bits per heavy atom. The number of carbonyl (C=O) groups excluding carboxylic acids is 2. The van der Waals surface area contributed by atoms with Gasteiger partial charge in [0.1, 0.15) is 10.5 Å². The summed E-state index contributed by atoms with van der Waals surface area (Å²) in [5, 5.41) is -1.45. The quantitative estimate of drug-likeness (QED) is 0.510. The van der Waals surface area contributed by atoms with Crippen LogP contribution < -0.4 is 0 Å². The van der Waals surface area contributed by atoms with Crippen LogP contribution in [-0.2, 0) is 19.1 Å². The molecule has 4 nitrogen and oxygen atoms in total. The lowest BCUT2D eigenvalue weighted by Gasteiger charge is -2.20. The summed E-state index contributed by atoms with van der Waals surface area (Å²) in [6, 6.07) is 0. The minimum absolute atomic E-state index is 0.296. The topological polar surface area (TPSA) is 52.6 Å². The van der Waals surface area contributed by atoms with Crippen LogP contribution in [0.25, 0.3) is 0 Å². The highest BCUT2D eigenvalue weighted by molar-refractivity contribution is 8.04. The molecule has 0 aliphatic heterocycles. The number of esters is 2. The normalized spacial score (nSPS) is 12.7. The molecule has 0 N–H and O–H groups in total. The SMILES string of the molecule is C#CCSC(C(=O)OC)C(SCC#C)C(=O)OC. The lowest BCUT2D eigenvalue weighted by Crippen LogP contribution is -2.37. The number of hydrogen-bond acceptors (Lipinski definition) is 6. The fraction of sp³-hybridized carbons (Fsp3) is 0.500. The molecule has 0 aromatic heterocycles. The van der Waals surface area contributed by atoms with E-state index in [-0.39, 0.29) is 0 Å². The third-order valence-corrected chi connectivity index (χ3v) is 4.32. The molecule has 0 rings (SSSR count). The van der Waals surface area contributed by atoms with Crippen molar-refractivity contribution in [1.29, 1.82) is 0 Å². The maximum absolute atomic E-state index is 11.7. The molecule has 18 heavy (non-hydrogen) atoms. The highest BCUT2D eigenvalue weighted by Gasteiger charge is 2.36. The average molecular weight is 286 g/mol. The molecule has 0 aromatic carbocycles. The molecule has 0 aliphatic rings. The maximum Gasteiger partial charge on any atom is 0.320 e. The van der Waals surface area contributed by atoms with Crippen molar-refractivity contribution in [2.45, 2.75) is 10.5 Å². The van der Waals surface area contributed by atoms with E-state index < -0.39 is 22.4 Å². The van der Waals surface area contributed by atoms with Crippen molar-refractivity contribution in [3.05, 3.63) is 0 Å². The van der Waals surface area contributed by atoms with E-state index in [4.69, 9.17) is 12.8 Å². The molecule has 0 aromatic rings. The number of thioether (sulfide) groups is 2. The molecule has 0 spiro atoms. The van der Waals surface area contributed by atoms with Crippen molar-refractivity contribution < 1.29 is 19.1 Å². The standard InChI is InChI=1S/C12H14O4S2/c1-5-7-17-9(11(13)15-3)10(12(14)16-4)18-8-6-2/h1-2,9-10H,7-8H2,3-4H3. The van der Waals surface area contributed by atoms with Gasteiger partial charge in [0.25, 0.3) is 0 Å². The summed E-state index contributed by atoms with van der Waals surface area (Å²) in [5.74, 6) is 4.35. The summed E-state index contributed by atoms with van der Waals surface area (Å²) < 4.78 is 9.33. The van der Waals surface area contributed by atoms with E-state index in [9.17, 15) is 9.59 Å². The van der Waals surface area contributed by atoms with Crippen LogP contribution in [0.1, 0.15) is 0 Å². The second kappa shape index (κ2) is 9.76. The van der Waals surface area contributed by atoms with Gasteiger partial charge in [0, 0.05) is 0 Å². The van der Waals surface area contributed by atoms with E-state index in [1.807, 2.05) is 0 Å². The summed E-state index contributed by atoms with van der Waals surface area (Å²) in [4.78, 5) is 23.3. The number of terminal acetylenes is 2. The fourth-order valence-corrected chi connectivity index (χ4v) is 3.13. The molecule has 98 valence electrons. The van der Waals surface area contributed by atoms with Gasteiger partial charge in [0.2, 0.25) is 0 Å². The van der Waals surface area contributed by atoms with Crippen LogP contribution in [0.5, 0.6) is 0 Å². The summed E-state index contributed by atoms with van der Waals surface area (Å²) in [6.45, 7) is 0. The molecule has 0 amide bonds. The summed E-state index contributed by atoms with van der Waals surface area (Å²) in [6.07, 6.45) is 10.3. The van der Waals surface area contributed by atoms with E-state index in [2.05, 4.69) is 21.3 Å². The first-order valence-corrected chi connectivity index (χ1v) is 6.97. The molecule has 2 unspecified atom stereocenters. The van der Waals surface area contributed by atoms with Gasteiger partial charge in [-0.05, 0) is 0 Å². The van der Waals surface area contributed by atoms with Gasteiger partial charge in [0.15, 0.2) is 0 Å². The molecule has 0 aliphatic carbocycles. The first-order chi connectivity index (χ1) is 8.62. The monoisotopic (exact) mass is 286 g/mol. The van der Waals surface area contributed by atoms with Crippen LogP contribution in [0.15, 0.2) is 0 Å². The minimum Gasteiger partial charge on any atom is -0.468 e. The van der Waals surface area contributed by atoms with Gasteiger partial charge in [-0.1, -0.05) is 11.8 Å². The van der Waals surface area contributed by atoms with Crippen molar-refractivity contribution in [2.75, 3.05) is 25.7 Å². The third kappa shape index (κ3) is 5.39. The Kier molecular flexibility index (Phi) is 9.08. The Hall–Kier alpha value is -1.24. The largest absolute Gasteiger partial charge is 0.468 e. The van der Waals surface area contributed by atoms with Gasteiger partial charge < -0.3 is 9.47 Å². The van der Waals surface area contributed by atoms with Crippen LogP contribution in [0.2, 0.25) is 0 Å². The molecule has 0 fully saturated rings. The van der Waals surface area contributed by atoms with E-state index in [1.165, 1.54) is 14.2 Å². The zero-order chi connectivity index (χ0) is 14.0. The van der Waals surface area contributed by atoms with Crippen LogP contribution in [0.3, 0.4) is 0 Å². The van der Waals surface area contributed by atoms with Gasteiger partial charge in [0.05, 0.1) is 25.7 Å². The van der Waals surface area contributed by atoms with E-state index in [0.717, 1.165) is 23.5 Å². The number of ether oxygens (including phenoxy) is 2. The lowest BCUT2D eigenvalue weighted by atomic mass is 10.3. The molecular formula is C12H14O4S2. The van der Waals surface area contributed by atoms with Crippen LogP contribution in [0.4, 0.5) is 0 Å². The zero-order valence-electron chi connectivity index (χ0n) is 10.2. The zero-order valence-corrected chi connectivity index (χ0v) is 11.8. The van der Waals surface area contributed by atoms with Crippen LogP contribution in [-0.4, -0.2) is 48.2 Å². The number of methoxy groups -OCH3 is 2. The Morgan fingerprint density at radius 1 is 1.00 bits per heavy atom. The number of hydrogen-bond donors (Lipinski definition) is 0. The van der Waals surface area contributed by atoms with Gasteiger partial charge in [-0.2, -0.15) is 0 Å². The lowest BCUT2D eigenvalue weighted by molar-refractivity contribution is -0.145. The average Bonchev–Trinajstić information content (AvgIpc) is 2.40. The molecule has 0 heterocycles. The molecule has 0 bridgehead atoms. The van der Waals surface area contributed by atoms with Crippen molar-refractivity contribution in [2.24, 2.45) is 0 Å². The number of carbonyl (C=O) groups is 2. The highest BCUT2D eigenvalue weighted by Crippen LogP contribution is 2.26. The second-order valence-electron chi connectivity index (χ2n) is 2.92. The van der Waals surface area contributed by atoms with Gasteiger partial charge >= 0.3 is 11.9 Å². The fourth-order valence-electron chi connectivity index (χ4n) is 1.07. The number of rotatable bonds is 7. The first-order valence-electron chi connectivity index (χ1n) is 4.88. The Balaban J connectivity index is 4.94. The van der Waals surface area contributed by atoms with E-state index in [0.29, 0.717) is 11.5 Å². The maximum atomic E-state index is 11.7. The molecular weight excluding hydrogens is 272 g/mol. The van der Waals surface area contributed by atoms with Gasteiger partial charge in [-0.3, -0.25) is 9.59 Å². The molecule has 6 heteroatoms. The Morgan fingerprint density at radius 3 is 1.56 bits per heavy atom. The van der Waals surface area contributed by atoms with E-state index >= 15 is 0 Å². The highest BCUT2D eigenvalue weighted by atomic mass is 32.2. The molecule has 0 saturated heterocycles. The predicted octanol–water partition coefficient (Wildman–Crippen LogP) is 0.802. The molecule has 0 saturated carbocycles. The van der Waals surface area contributed by atoms with Crippen LogP contribution in [0, 0.1) is 24.7 Å². The predicted molar refractivity (Wildman–Crippen MR) is 74.2 cm³/mol. The third-order valence-electron chi connectivity index (χ3n) is 1.83. The van der Waals surface area contributed by atoms with Crippen molar-refractivity contribution in [3.63, 3.8) is 0 Å². The molecule has 0 radical (unpaired) electrons. The summed E-state index contributed by atoms with van der Waals surface area (Å²) in [5.41, 5.74) is 0. The smallest absolute Gasteiger partial charge is 0.320 e. The van der Waals surface area contributed by atoms with Crippen LogP contribution >= 0.6 is 23.5 Å². The Bertz CT molecular complexity index is 331. The second-order valence-corrected chi connectivity index (χ2v) is 5.18. The van der Waals surface area contributed by atoms with E-state index in [1.54, 1.807) is 0 Å².